The van der Waals surface area contributed by atoms with Crippen molar-refractivity contribution in [1.82, 2.24) is 10.2 Å². The summed E-state index contributed by atoms with van der Waals surface area (Å²) in [5.41, 5.74) is -0.764. The number of rotatable bonds is 6. The Balaban J connectivity index is 2.47. The van der Waals surface area contributed by atoms with Crippen LogP contribution in [0.5, 0.6) is 0 Å². The highest BCUT2D eigenvalue weighted by Gasteiger charge is 2.38. The lowest BCUT2D eigenvalue weighted by Gasteiger charge is -2.25. The van der Waals surface area contributed by atoms with E-state index in [0.29, 0.717) is 6.54 Å². The Morgan fingerprint density at radius 3 is 2.26 bits per heavy atom. The summed E-state index contributed by atoms with van der Waals surface area (Å²) < 4.78 is 0. The van der Waals surface area contributed by atoms with E-state index in [1.807, 2.05) is 0 Å². The smallest absolute Gasteiger partial charge is 0.240 e. The zero-order chi connectivity index (χ0) is 14.1. The molecule has 1 rings (SSSR count). The SMILES string of the molecule is CCN(CC)CCNC(=O)C1(C#N)CCCCCC1. The fourth-order valence-electron chi connectivity index (χ4n) is 2.76. The summed E-state index contributed by atoms with van der Waals surface area (Å²) in [4.78, 5) is 14.6. The minimum Gasteiger partial charge on any atom is -0.353 e. The first-order valence-corrected chi connectivity index (χ1v) is 7.60. The van der Waals surface area contributed by atoms with Crippen LogP contribution in [0.3, 0.4) is 0 Å². The standard InChI is InChI=1S/C15H27N3O/c1-3-18(4-2)12-11-17-14(19)15(13-16)9-7-5-6-8-10-15/h3-12H2,1-2H3,(H,17,19). The maximum absolute atomic E-state index is 12.3. The number of nitrogens with one attached hydrogen (secondary N) is 1. The van der Waals surface area contributed by atoms with Crippen LogP contribution in [0.1, 0.15) is 52.4 Å². The van der Waals surface area contributed by atoms with Crippen LogP contribution < -0.4 is 5.32 Å². The summed E-state index contributed by atoms with van der Waals surface area (Å²) >= 11 is 0. The van der Waals surface area contributed by atoms with Gasteiger partial charge in [0.1, 0.15) is 5.41 Å². The number of nitriles is 1. The molecule has 0 heterocycles. The topological polar surface area (TPSA) is 56.1 Å². The fourth-order valence-corrected chi connectivity index (χ4v) is 2.76. The number of carbonyl (C=O) groups excluding carboxylic acids is 1. The first kappa shape index (κ1) is 16.0. The number of amides is 1. The van der Waals surface area contributed by atoms with Crippen molar-refractivity contribution in [3.05, 3.63) is 0 Å². The van der Waals surface area contributed by atoms with Crippen LogP contribution in [0.4, 0.5) is 0 Å². The van der Waals surface area contributed by atoms with Gasteiger partial charge in [-0.3, -0.25) is 4.79 Å². The van der Waals surface area contributed by atoms with E-state index < -0.39 is 5.41 Å². The Morgan fingerprint density at radius 2 is 1.79 bits per heavy atom. The van der Waals surface area contributed by atoms with Crippen LogP contribution in [0.2, 0.25) is 0 Å². The van der Waals surface area contributed by atoms with E-state index >= 15 is 0 Å². The lowest BCUT2D eigenvalue weighted by atomic mass is 9.81. The molecule has 108 valence electrons. The monoisotopic (exact) mass is 265 g/mol. The van der Waals surface area contributed by atoms with Gasteiger partial charge < -0.3 is 10.2 Å². The van der Waals surface area contributed by atoms with Crippen LogP contribution in [0.25, 0.3) is 0 Å². The van der Waals surface area contributed by atoms with Gasteiger partial charge in [0.25, 0.3) is 0 Å². The average molecular weight is 265 g/mol. The van der Waals surface area contributed by atoms with Gasteiger partial charge in [0.15, 0.2) is 0 Å². The molecule has 1 amide bonds. The molecule has 0 aliphatic heterocycles. The molecular weight excluding hydrogens is 238 g/mol. The Hall–Kier alpha value is -1.08. The molecule has 0 bridgehead atoms. The molecule has 1 aliphatic carbocycles. The maximum atomic E-state index is 12.3. The number of nitrogens with zero attached hydrogens (tertiary/aromatic N) is 2. The van der Waals surface area contributed by atoms with Gasteiger partial charge in [-0.15, -0.1) is 0 Å². The van der Waals surface area contributed by atoms with Gasteiger partial charge >= 0.3 is 0 Å². The van der Waals surface area contributed by atoms with Crippen LogP contribution >= 0.6 is 0 Å². The number of carbonyl (C=O) groups is 1. The molecule has 0 spiro atoms. The number of likely N-dealkylation sites (N-methyl/N-ethyl adjacent to an activating group) is 1. The van der Waals surface area contributed by atoms with E-state index in [0.717, 1.165) is 58.2 Å². The molecule has 0 aromatic carbocycles. The molecule has 1 N–H and O–H groups in total. The maximum Gasteiger partial charge on any atom is 0.240 e. The van der Waals surface area contributed by atoms with Gasteiger partial charge in [-0.05, 0) is 25.9 Å². The molecule has 4 nitrogen and oxygen atoms in total. The highest BCUT2D eigenvalue weighted by molar-refractivity contribution is 5.85. The van der Waals surface area contributed by atoms with Gasteiger partial charge in [-0.1, -0.05) is 39.5 Å². The summed E-state index contributed by atoms with van der Waals surface area (Å²) in [6, 6.07) is 2.30. The van der Waals surface area contributed by atoms with Crippen LogP contribution in [-0.2, 0) is 4.79 Å². The molecule has 1 fully saturated rings. The molecule has 4 heteroatoms. The first-order chi connectivity index (χ1) is 9.18. The van der Waals surface area contributed by atoms with Crippen molar-refractivity contribution in [1.29, 1.82) is 5.26 Å². The van der Waals surface area contributed by atoms with Crippen molar-refractivity contribution in [2.75, 3.05) is 26.2 Å². The molecule has 0 saturated heterocycles. The van der Waals surface area contributed by atoms with Crippen molar-refractivity contribution < 1.29 is 4.79 Å². The van der Waals surface area contributed by atoms with Gasteiger partial charge in [0, 0.05) is 13.1 Å². The summed E-state index contributed by atoms with van der Waals surface area (Å²) in [7, 11) is 0. The molecule has 0 unspecified atom stereocenters. The zero-order valence-corrected chi connectivity index (χ0v) is 12.4. The minimum absolute atomic E-state index is 0.0518. The normalized spacial score (nSPS) is 18.6. The van der Waals surface area contributed by atoms with Gasteiger partial charge in [0.2, 0.25) is 5.91 Å². The van der Waals surface area contributed by atoms with E-state index in [1.54, 1.807) is 0 Å². The number of hydrogen-bond acceptors (Lipinski definition) is 3. The predicted molar refractivity (Wildman–Crippen MR) is 76.5 cm³/mol. The Morgan fingerprint density at radius 1 is 1.21 bits per heavy atom. The van der Waals surface area contributed by atoms with E-state index in [9.17, 15) is 10.1 Å². The zero-order valence-electron chi connectivity index (χ0n) is 12.4. The van der Waals surface area contributed by atoms with Crippen LogP contribution in [0.15, 0.2) is 0 Å². The van der Waals surface area contributed by atoms with Crippen molar-refractivity contribution in [3.8, 4) is 6.07 Å². The Bertz CT molecular complexity index is 310. The molecular formula is C15H27N3O. The molecule has 0 radical (unpaired) electrons. The van der Waals surface area contributed by atoms with Crippen molar-refractivity contribution in [2.45, 2.75) is 52.4 Å². The highest BCUT2D eigenvalue weighted by Crippen LogP contribution is 2.34. The first-order valence-electron chi connectivity index (χ1n) is 7.60. The summed E-state index contributed by atoms with van der Waals surface area (Å²) in [6.45, 7) is 7.73. The van der Waals surface area contributed by atoms with Crippen molar-refractivity contribution in [2.24, 2.45) is 5.41 Å². The predicted octanol–water partition coefficient (Wildman–Crippen LogP) is 2.31. The van der Waals surface area contributed by atoms with Gasteiger partial charge in [0.05, 0.1) is 6.07 Å². The molecule has 0 aromatic rings. The summed E-state index contributed by atoms with van der Waals surface area (Å²) in [5.74, 6) is -0.0518. The molecule has 1 saturated carbocycles. The molecule has 1 aliphatic rings. The lowest BCUT2D eigenvalue weighted by molar-refractivity contribution is -0.128. The fraction of sp³-hybridized carbons (Fsp3) is 0.867. The number of hydrogen-bond donors (Lipinski definition) is 1. The van der Waals surface area contributed by atoms with Crippen molar-refractivity contribution in [3.63, 3.8) is 0 Å². The second-order valence-electron chi connectivity index (χ2n) is 5.39. The lowest BCUT2D eigenvalue weighted by Crippen LogP contribution is -2.43. The largest absolute Gasteiger partial charge is 0.353 e. The van der Waals surface area contributed by atoms with Gasteiger partial charge in [-0.25, -0.2) is 0 Å². The third-order valence-corrected chi connectivity index (χ3v) is 4.21. The second kappa shape index (κ2) is 8.16. The van der Waals surface area contributed by atoms with E-state index in [4.69, 9.17) is 0 Å². The second-order valence-corrected chi connectivity index (χ2v) is 5.39. The van der Waals surface area contributed by atoms with E-state index in [-0.39, 0.29) is 5.91 Å². The third kappa shape index (κ3) is 4.50. The Labute approximate surface area is 117 Å². The molecule has 19 heavy (non-hydrogen) atoms. The minimum atomic E-state index is -0.764. The quantitative estimate of drug-likeness (QED) is 0.750. The third-order valence-electron chi connectivity index (χ3n) is 4.21. The summed E-state index contributed by atoms with van der Waals surface area (Å²) in [6.07, 6.45) is 5.74. The van der Waals surface area contributed by atoms with Crippen LogP contribution in [0, 0.1) is 16.7 Å². The van der Waals surface area contributed by atoms with Crippen molar-refractivity contribution >= 4 is 5.91 Å². The summed E-state index contributed by atoms with van der Waals surface area (Å²) in [5, 5.41) is 12.4. The molecule has 0 atom stereocenters. The Kier molecular flexibility index (Phi) is 6.86. The van der Waals surface area contributed by atoms with E-state index in [2.05, 4.69) is 30.1 Å². The molecule has 0 aromatic heterocycles. The van der Waals surface area contributed by atoms with Gasteiger partial charge in [-0.2, -0.15) is 5.26 Å². The van der Waals surface area contributed by atoms with E-state index in [1.165, 1.54) is 0 Å². The average Bonchev–Trinajstić information content (AvgIpc) is 2.69. The van der Waals surface area contributed by atoms with Crippen LogP contribution in [-0.4, -0.2) is 37.0 Å². The highest BCUT2D eigenvalue weighted by atomic mass is 16.2.